The number of carbonyl (C=O) groups is 1. The minimum atomic E-state index is -0.302. The SMILES string of the molecule is Cc1c(/C=C2\SC(=S)N(C(C)C)C2=O)c(N2CCCC2)n(C)c(=O)c1C#N. The van der Waals surface area contributed by atoms with Crippen molar-refractivity contribution in [3.8, 4) is 6.07 Å². The van der Waals surface area contributed by atoms with Crippen molar-refractivity contribution in [2.75, 3.05) is 18.0 Å². The molecule has 3 heterocycles. The van der Waals surface area contributed by atoms with Crippen LogP contribution in [0.3, 0.4) is 0 Å². The summed E-state index contributed by atoms with van der Waals surface area (Å²) in [4.78, 5) is 29.7. The number of thiocarbonyl (C=S) groups is 1. The van der Waals surface area contributed by atoms with E-state index in [1.807, 2.05) is 19.9 Å². The average Bonchev–Trinajstić information content (AvgIpc) is 3.22. The number of aromatic nitrogens is 1. The molecule has 2 aliphatic heterocycles. The van der Waals surface area contributed by atoms with Crippen molar-refractivity contribution >= 4 is 46.1 Å². The van der Waals surface area contributed by atoms with Crippen molar-refractivity contribution in [1.82, 2.24) is 9.47 Å². The molecule has 8 heteroatoms. The number of hydrogen-bond acceptors (Lipinski definition) is 6. The predicted octanol–water partition coefficient (Wildman–Crippen LogP) is 2.78. The number of amides is 1. The Balaban J connectivity index is 2.22. The molecule has 3 rings (SSSR count). The van der Waals surface area contributed by atoms with Crippen molar-refractivity contribution in [3.63, 3.8) is 0 Å². The van der Waals surface area contributed by atoms with Gasteiger partial charge in [0.2, 0.25) is 0 Å². The predicted molar refractivity (Wildman–Crippen MR) is 113 cm³/mol. The van der Waals surface area contributed by atoms with Gasteiger partial charge in [0.15, 0.2) is 0 Å². The molecule has 1 aromatic rings. The summed E-state index contributed by atoms with van der Waals surface area (Å²) in [6, 6.07) is 2.01. The molecule has 2 fully saturated rings. The summed E-state index contributed by atoms with van der Waals surface area (Å²) in [6.07, 6.45) is 3.91. The second-order valence-corrected chi connectivity index (χ2v) is 8.73. The van der Waals surface area contributed by atoms with Crippen LogP contribution in [-0.2, 0) is 11.8 Å². The number of anilines is 1. The highest BCUT2D eigenvalue weighted by Gasteiger charge is 2.34. The van der Waals surface area contributed by atoms with Gasteiger partial charge in [-0.2, -0.15) is 5.26 Å². The van der Waals surface area contributed by atoms with Gasteiger partial charge in [0.1, 0.15) is 21.8 Å². The van der Waals surface area contributed by atoms with Crippen LogP contribution in [0.5, 0.6) is 0 Å². The van der Waals surface area contributed by atoms with Gasteiger partial charge < -0.3 is 4.90 Å². The van der Waals surface area contributed by atoms with Crippen molar-refractivity contribution < 1.29 is 4.79 Å². The third kappa shape index (κ3) is 3.30. The number of hydrogen-bond donors (Lipinski definition) is 0. The van der Waals surface area contributed by atoms with Crippen LogP contribution in [0.15, 0.2) is 9.70 Å². The van der Waals surface area contributed by atoms with Gasteiger partial charge in [0, 0.05) is 31.7 Å². The zero-order valence-electron chi connectivity index (χ0n) is 15.9. The Hall–Kier alpha value is -2.11. The molecule has 1 amide bonds. The lowest BCUT2D eigenvalue weighted by atomic mass is 10.0. The lowest BCUT2D eigenvalue weighted by Crippen LogP contribution is -2.34. The van der Waals surface area contributed by atoms with Gasteiger partial charge >= 0.3 is 0 Å². The van der Waals surface area contributed by atoms with Crippen LogP contribution in [-0.4, -0.2) is 38.8 Å². The van der Waals surface area contributed by atoms with Crippen LogP contribution in [0.25, 0.3) is 6.08 Å². The summed E-state index contributed by atoms with van der Waals surface area (Å²) in [7, 11) is 1.69. The van der Waals surface area contributed by atoms with E-state index >= 15 is 0 Å². The summed E-state index contributed by atoms with van der Waals surface area (Å²) >= 11 is 6.63. The van der Waals surface area contributed by atoms with E-state index in [2.05, 4.69) is 4.90 Å². The van der Waals surface area contributed by atoms with Crippen molar-refractivity contribution in [3.05, 3.63) is 31.9 Å². The summed E-state index contributed by atoms with van der Waals surface area (Å²) < 4.78 is 2.07. The molecule has 0 aliphatic carbocycles. The standard InChI is InChI=1S/C19H22N4O2S2/c1-11(2)23-18(25)15(27-19(23)26)9-13-12(3)14(10-20)17(24)21(4)16(13)22-7-5-6-8-22/h9,11H,5-8H2,1-4H3/b15-9-. The summed E-state index contributed by atoms with van der Waals surface area (Å²) in [5, 5.41) is 9.48. The Morgan fingerprint density at radius 3 is 2.41 bits per heavy atom. The molecule has 142 valence electrons. The smallest absolute Gasteiger partial charge is 0.270 e. The van der Waals surface area contributed by atoms with Gasteiger partial charge in [0.25, 0.3) is 11.5 Å². The maximum Gasteiger partial charge on any atom is 0.270 e. The maximum atomic E-state index is 12.8. The first-order valence-corrected chi connectivity index (χ1v) is 10.2. The molecule has 2 saturated heterocycles. The van der Waals surface area contributed by atoms with Crippen LogP contribution < -0.4 is 10.5 Å². The Morgan fingerprint density at radius 2 is 1.89 bits per heavy atom. The van der Waals surface area contributed by atoms with E-state index in [1.54, 1.807) is 24.9 Å². The highest BCUT2D eigenvalue weighted by Crippen LogP contribution is 2.37. The van der Waals surface area contributed by atoms with Gasteiger partial charge in [-0.1, -0.05) is 24.0 Å². The fraction of sp³-hybridized carbons (Fsp3) is 0.474. The van der Waals surface area contributed by atoms with Crippen molar-refractivity contribution in [2.24, 2.45) is 7.05 Å². The van der Waals surface area contributed by atoms with E-state index in [0.717, 1.165) is 37.3 Å². The van der Waals surface area contributed by atoms with E-state index in [4.69, 9.17) is 12.2 Å². The first-order chi connectivity index (χ1) is 12.8. The number of nitrogens with zero attached hydrogens (tertiary/aromatic N) is 4. The molecular formula is C19H22N4O2S2. The minimum absolute atomic E-state index is 0.0163. The van der Waals surface area contributed by atoms with E-state index in [1.165, 1.54) is 16.3 Å². The third-order valence-electron chi connectivity index (χ3n) is 4.99. The molecular weight excluding hydrogens is 380 g/mol. The second-order valence-electron chi connectivity index (χ2n) is 7.05. The Labute approximate surface area is 168 Å². The maximum absolute atomic E-state index is 12.8. The number of carbonyl (C=O) groups excluding carboxylic acids is 1. The molecule has 0 unspecified atom stereocenters. The fourth-order valence-corrected chi connectivity index (χ4v) is 5.09. The zero-order valence-corrected chi connectivity index (χ0v) is 17.5. The normalized spacial score (nSPS) is 18.9. The molecule has 2 aliphatic rings. The average molecular weight is 403 g/mol. The van der Waals surface area contributed by atoms with Gasteiger partial charge in [0.05, 0.1) is 4.91 Å². The molecule has 0 aromatic carbocycles. The monoisotopic (exact) mass is 402 g/mol. The molecule has 0 bridgehead atoms. The van der Waals surface area contributed by atoms with Crippen LogP contribution in [0.2, 0.25) is 0 Å². The molecule has 0 saturated carbocycles. The second kappa shape index (κ2) is 7.49. The fourth-order valence-electron chi connectivity index (χ4n) is 3.58. The largest absolute Gasteiger partial charge is 0.357 e. The van der Waals surface area contributed by atoms with Crippen molar-refractivity contribution in [1.29, 1.82) is 5.26 Å². The Morgan fingerprint density at radius 1 is 1.26 bits per heavy atom. The molecule has 1 aromatic heterocycles. The lowest BCUT2D eigenvalue weighted by Gasteiger charge is -2.25. The minimum Gasteiger partial charge on any atom is -0.357 e. The topological polar surface area (TPSA) is 69.3 Å². The Kier molecular flexibility index (Phi) is 5.45. The molecule has 0 radical (unpaired) electrons. The molecule has 6 nitrogen and oxygen atoms in total. The highest BCUT2D eigenvalue weighted by atomic mass is 32.2. The van der Waals surface area contributed by atoms with Gasteiger partial charge in [-0.3, -0.25) is 19.1 Å². The number of rotatable bonds is 3. The lowest BCUT2D eigenvalue weighted by molar-refractivity contribution is -0.123. The van der Waals surface area contributed by atoms with Crippen LogP contribution in [0.1, 0.15) is 43.4 Å². The number of thioether (sulfide) groups is 1. The first-order valence-electron chi connectivity index (χ1n) is 8.93. The van der Waals surface area contributed by atoms with E-state index < -0.39 is 0 Å². The summed E-state index contributed by atoms with van der Waals surface area (Å²) in [6.45, 7) is 7.33. The first kappa shape index (κ1) is 19.6. The van der Waals surface area contributed by atoms with Gasteiger partial charge in [-0.05, 0) is 45.3 Å². The van der Waals surface area contributed by atoms with Crippen LogP contribution in [0.4, 0.5) is 5.82 Å². The van der Waals surface area contributed by atoms with E-state index in [9.17, 15) is 14.9 Å². The number of pyridine rings is 1. The molecule has 27 heavy (non-hydrogen) atoms. The summed E-state index contributed by atoms with van der Waals surface area (Å²) in [5.74, 6) is 0.642. The molecule has 0 atom stereocenters. The quantitative estimate of drug-likeness (QED) is 0.572. The van der Waals surface area contributed by atoms with Gasteiger partial charge in [-0.15, -0.1) is 0 Å². The van der Waals surface area contributed by atoms with Crippen LogP contribution >= 0.6 is 24.0 Å². The summed E-state index contributed by atoms with van der Waals surface area (Å²) in [5.41, 5.74) is 1.17. The van der Waals surface area contributed by atoms with Crippen molar-refractivity contribution in [2.45, 2.75) is 39.7 Å². The zero-order chi connectivity index (χ0) is 19.9. The van der Waals surface area contributed by atoms with Crippen LogP contribution in [0, 0.1) is 18.3 Å². The Bertz CT molecular complexity index is 950. The third-order valence-corrected chi connectivity index (χ3v) is 6.32. The van der Waals surface area contributed by atoms with E-state index in [-0.39, 0.29) is 23.1 Å². The molecule has 0 spiro atoms. The van der Waals surface area contributed by atoms with E-state index in [0.29, 0.717) is 14.8 Å². The number of nitriles is 1. The highest BCUT2D eigenvalue weighted by molar-refractivity contribution is 8.26. The van der Waals surface area contributed by atoms with Gasteiger partial charge in [-0.25, -0.2) is 0 Å². The molecule has 0 N–H and O–H groups in total.